The fourth-order valence-electron chi connectivity index (χ4n) is 3.44. The van der Waals surface area contributed by atoms with Crippen molar-refractivity contribution in [2.45, 2.75) is 45.8 Å². The smallest absolute Gasteiger partial charge is 0.317 e. The van der Waals surface area contributed by atoms with Crippen LogP contribution in [0.2, 0.25) is 5.02 Å². The third kappa shape index (κ3) is 4.12. The predicted octanol–water partition coefficient (Wildman–Crippen LogP) is 3.99. The van der Waals surface area contributed by atoms with Crippen LogP contribution in [0.5, 0.6) is 5.75 Å². The van der Waals surface area contributed by atoms with Crippen LogP contribution in [0.4, 0.5) is 4.79 Å². The van der Waals surface area contributed by atoms with Crippen molar-refractivity contribution < 1.29 is 9.53 Å². The summed E-state index contributed by atoms with van der Waals surface area (Å²) in [6.45, 7) is 7.22. The van der Waals surface area contributed by atoms with E-state index in [0.29, 0.717) is 23.9 Å². The van der Waals surface area contributed by atoms with Crippen LogP contribution in [0.25, 0.3) is 0 Å². The number of hydrogen-bond acceptors (Lipinski definition) is 3. The van der Waals surface area contributed by atoms with E-state index in [4.69, 9.17) is 16.3 Å². The molecular formula is C19H25ClN4O2. The third-order valence-corrected chi connectivity index (χ3v) is 5.13. The topological polar surface area (TPSA) is 70.2 Å². The van der Waals surface area contributed by atoms with Crippen molar-refractivity contribution in [3.05, 3.63) is 46.2 Å². The zero-order valence-corrected chi connectivity index (χ0v) is 16.1. The monoisotopic (exact) mass is 376 g/mol. The van der Waals surface area contributed by atoms with Crippen LogP contribution in [0.3, 0.4) is 0 Å². The summed E-state index contributed by atoms with van der Waals surface area (Å²) < 4.78 is 5.98. The molecule has 1 saturated heterocycles. The molecule has 2 N–H and O–H groups in total. The molecule has 1 unspecified atom stereocenters. The number of nitrogens with one attached hydrogen (secondary N) is 2. The van der Waals surface area contributed by atoms with Gasteiger partial charge in [-0.15, -0.1) is 0 Å². The molecule has 140 valence electrons. The molecule has 2 heterocycles. The van der Waals surface area contributed by atoms with E-state index in [1.54, 1.807) is 0 Å². The average Bonchev–Trinajstić information content (AvgIpc) is 2.96. The molecular weight excluding hydrogens is 352 g/mol. The van der Waals surface area contributed by atoms with E-state index in [1.807, 2.05) is 49.9 Å². The van der Waals surface area contributed by atoms with Gasteiger partial charge in [0.15, 0.2) is 0 Å². The van der Waals surface area contributed by atoms with Crippen LogP contribution >= 0.6 is 11.6 Å². The molecule has 1 fully saturated rings. The molecule has 2 amide bonds. The van der Waals surface area contributed by atoms with Gasteiger partial charge >= 0.3 is 6.03 Å². The van der Waals surface area contributed by atoms with Crippen molar-refractivity contribution in [1.29, 1.82) is 0 Å². The largest absolute Gasteiger partial charge is 0.489 e. The van der Waals surface area contributed by atoms with Crippen molar-refractivity contribution in [1.82, 2.24) is 20.4 Å². The molecule has 2 aromatic rings. The first-order chi connectivity index (χ1) is 12.5. The van der Waals surface area contributed by atoms with Gasteiger partial charge in [-0.05, 0) is 32.9 Å². The third-order valence-electron chi connectivity index (χ3n) is 4.82. The lowest BCUT2D eigenvalue weighted by Gasteiger charge is -2.33. The summed E-state index contributed by atoms with van der Waals surface area (Å²) in [4.78, 5) is 14.4. The maximum atomic E-state index is 12.6. The maximum absolute atomic E-state index is 12.6. The number of benzene rings is 1. The Morgan fingerprint density at radius 1 is 1.35 bits per heavy atom. The Balaban J connectivity index is 1.51. The molecule has 7 heteroatoms. The Kier molecular flexibility index (Phi) is 5.71. The minimum atomic E-state index is -0.0849. The van der Waals surface area contributed by atoms with Gasteiger partial charge in [0.25, 0.3) is 0 Å². The van der Waals surface area contributed by atoms with Gasteiger partial charge in [0, 0.05) is 37.2 Å². The summed E-state index contributed by atoms with van der Waals surface area (Å²) in [6, 6.07) is 7.35. The molecule has 0 saturated carbocycles. The van der Waals surface area contributed by atoms with E-state index in [-0.39, 0.29) is 18.2 Å². The van der Waals surface area contributed by atoms with Gasteiger partial charge in [-0.3, -0.25) is 5.10 Å². The number of rotatable bonds is 4. The summed E-state index contributed by atoms with van der Waals surface area (Å²) in [5.41, 5.74) is 2.96. The molecule has 0 aliphatic carbocycles. The first-order valence-electron chi connectivity index (χ1n) is 8.93. The second kappa shape index (κ2) is 7.99. The highest BCUT2D eigenvalue weighted by Crippen LogP contribution is 2.27. The number of urea groups is 1. The highest BCUT2D eigenvalue weighted by Gasteiger charge is 2.26. The lowest BCUT2D eigenvalue weighted by Crippen LogP contribution is -2.47. The summed E-state index contributed by atoms with van der Waals surface area (Å²) in [5, 5.41) is 10.8. The number of likely N-dealkylation sites (tertiary alicyclic amines) is 1. The highest BCUT2D eigenvalue weighted by atomic mass is 35.5. The Labute approximate surface area is 158 Å². The fraction of sp³-hybridized carbons (Fsp3) is 0.474. The number of H-pyrrole nitrogens is 1. The van der Waals surface area contributed by atoms with Crippen LogP contribution in [0.15, 0.2) is 24.3 Å². The first-order valence-corrected chi connectivity index (χ1v) is 9.31. The van der Waals surface area contributed by atoms with E-state index >= 15 is 0 Å². The number of para-hydroxylation sites is 1. The van der Waals surface area contributed by atoms with Gasteiger partial charge in [0.1, 0.15) is 11.9 Å². The van der Waals surface area contributed by atoms with E-state index in [9.17, 15) is 4.79 Å². The zero-order chi connectivity index (χ0) is 18.7. The number of amides is 2. The van der Waals surface area contributed by atoms with E-state index in [1.165, 1.54) is 0 Å². The van der Waals surface area contributed by atoms with Crippen LogP contribution in [-0.2, 0) is 0 Å². The standard InChI is InChI=1S/C19H25ClN4O2/c1-12(18-13(2)22-23-14(18)3)21-19(25)24-10-8-15(9-11-24)26-17-7-5-4-6-16(17)20/h4-7,12,15H,8-11H2,1-3H3,(H,21,25)(H,22,23). The zero-order valence-electron chi connectivity index (χ0n) is 15.4. The quantitative estimate of drug-likeness (QED) is 0.847. The van der Waals surface area contributed by atoms with Gasteiger partial charge < -0.3 is 15.0 Å². The van der Waals surface area contributed by atoms with Crippen molar-refractivity contribution in [2.75, 3.05) is 13.1 Å². The molecule has 6 nitrogen and oxygen atoms in total. The molecule has 0 bridgehead atoms. The van der Waals surface area contributed by atoms with Crippen LogP contribution in [0, 0.1) is 13.8 Å². The van der Waals surface area contributed by atoms with E-state index in [0.717, 1.165) is 29.8 Å². The number of carbonyl (C=O) groups excluding carboxylic acids is 1. The lowest BCUT2D eigenvalue weighted by atomic mass is 10.1. The minimum absolute atomic E-state index is 0.0475. The molecule has 1 aromatic carbocycles. The lowest BCUT2D eigenvalue weighted by molar-refractivity contribution is 0.110. The summed E-state index contributed by atoms with van der Waals surface area (Å²) >= 11 is 6.15. The number of hydrogen-bond donors (Lipinski definition) is 2. The molecule has 1 aliphatic rings. The Bertz CT molecular complexity index is 749. The van der Waals surface area contributed by atoms with E-state index < -0.39 is 0 Å². The van der Waals surface area contributed by atoms with Crippen LogP contribution in [0.1, 0.15) is 42.8 Å². The Morgan fingerprint density at radius 2 is 2.04 bits per heavy atom. The van der Waals surface area contributed by atoms with Crippen molar-refractivity contribution in [3.63, 3.8) is 0 Å². The number of piperidine rings is 1. The van der Waals surface area contributed by atoms with Crippen molar-refractivity contribution >= 4 is 17.6 Å². The first kappa shape index (κ1) is 18.6. The number of aryl methyl sites for hydroxylation is 2. The normalized spacial score (nSPS) is 16.4. The predicted molar refractivity (Wildman–Crippen MR) is 102 cm³/mol. The Hall–Kier alpha value is -2.21. The number of halogens is 1. The molecule has 26 heavy (non-hydrogen) atoms. The van der Waals surface area contributed by atoms with Crippen LogP contribution < -0.4 is 10.1 Å². The molecule has 1 aromatic heterocycles. The van der Waals surface area contributed by atoms with Gasteiger partial charge in [0.05, 0.1) is 16.8 Å². The molecule has 0 radical (unpaired) electrons. The number of aromatic amines is 1. The second-order valence-corrected chi connectivity index (χ2v) is 7.16. The summed E-state index contributed by atoms with van der Waals surface area (Å²) in [6.07, 6.45) is 1.66. The SMILES string of the molecule is Cc1n[nH]c(C)c1C(C)NC(=O)N1CCC(Oc2ccccc2Cl)CC1. The van der Waals surface area contributed by atoms with Gasteiger partial charge in [0.2, 0.25) is 0 Å². The summed E-state index contributed by atoms with van der Waals surface area (Å²) in [7, 11) is 0. The number of nitrogens with zero attached hydrogens (tertiary/aromatic N) is 2. The molecule has 1 atom stereocenters. The Morgan fingerprint density at radius 3 is 2.65 bits per heavy atom. The molecule has 1 aliphatic heterocycles. The second-order valence-electron chi connectivity index (χ2n) is 6.75. The van der Waals surface area contributed by atoms with E-state index in [2.05, 4.69) is 15.5 Å². The maximum Gasteiger partial charge on any atom is 0.317 e. The van der Waals surface area contributed by atoms with Gasteiger partial charge in [-0.25, -0.2) is 4.79 Å². The average molecular weight is 377 g/mol. The summed E-state index contributed by atoms with van der Waals surface area (Å²) in [5.74, 6) is 0.705. The minimum Gasteiger partial charge on any atom is -0.489 e. The number of ether oxygens (including phenoxy) is 1. The van der Waals surface area contributed by atoms with Gasteiger partial charge in [-0.1, -0.05) is 23.7 Å². The number of aromatic nitrogens is 2. The highest BCUT2D eigenvalue weighted by molar-refractivity contribution is 6.32. The van der Waals surface area contributed by atoms with Crippen molar-refractivity contribution in [2.24, 2.45) is 0 Å². The number of carbonyl (C=O) groups is 1. The van der Waals surface area contributed by atoms with Gasteiger partial charge in [-0.2, -0.15) is 5.10 Å². The molecule has 3 rings (SSSR count). The van der Waals surface area contributed by atoms with Crippen LogP contribution in [-0.4, -0.2) is 40.3 Å². The molecule has 0 spiro atoms. The van der Waals surface area contributed by atoms with Crippen molar-refractivity contribution in [3.8, 4) is 5.75 Å². The fourth-order valence-corrected chi connectivity index (χ4v) is 3.62.